The van der Waals surface area contributed by atoms with Crippen LogP contribution in [0.2, 0.25) is 0 Å². The molecular weight excluding hydrogens is 350 g/mol. The van der Waals surface area contributed by atoms with E-state index in [-0.39, 0.29) is 5.91 Å². The van der Waals surface area contributed by atoms with E-state index >= 15 is 0 Å². The van der Waals surface area contributed by atoms with Crippen LogP contribution in [0.15, 0.2) is 24.3 Å². The van der Waals surface area contributed by atoms with Crippen molar-refractivity contribution in [2.45, 2.75) is 33.6 Å². The Bertz CT molecular complexity index is 847. The molecule has 3 heterocycles. The Morgan fingerprint density at radius 2 is 1.43 bits per heavy atom. The number of amides is 1. The fourth-order valence-electron chi connectivity index (χ4n) is 4.18. The summed E-state index contributed by atoms with van der Waals surface area (Å²) < 4.78 is 0. The van der Waals surface area contributed by atoms with E-state index in [0.29, 0.717) is 13.1 Å². The summed E-state index contributed by atoms with van der Waals surface area (Å²) in [5, 5.41) is 0. The van der Waals surface area contributed by atoms with Gasteiger partial charge in [-0.15, -0.1) is 0 Å². The van der Waals surface area contributed by atoms with Gasteiger partial charge < -0.3 is 14.7 Å². The van der Waals surface area contributed by atoms with Crippen LogP contribution in [-0.2, 0) is 0 Å². The first-order valence-electron chi connectivity index (χ1n) is 10.2. The predicted octanol–water partition coefficient (Wildman–Crippen LogP) is 2.96. The third kappa shape index (κ3) is 3.96. The van der Waals surface area contributed by atoms with Gasteiger partial charge in [-0.1, -0.05) is 17.2 Å². The van der Waals surface area contributed by atoms with Crippen LogP contribution in [0.1, 0.15) is 40.0 Å². The van der Waals surface area contributed by atoms with Gasteiger partial charge in [0, 0.05) is 56.6 Å². The molecule has 6 heteroatoms. The lowest BCUT2D eigenvalue weighted by Crippen LogP contribution is -2.49. The Morgan fingerprint density at radius 1 is 0.786 bits per heavy atom. The number of aryl methyl sites for hydroxylation is 3. The van der Waals surface area contributed by atoms with E-state index in [9.17, 15) is 4.79 Å². The van der Waals surface area contributed by atoms with Crippen LogP contribution in [0.5, 0.6) is 0 Å². The first-order chi connectivity index (χ1) is 13.5. The summed E-state index contributed by atoms with van der Waals surface area (Å²) in [6.07, 6.45) is 2.47. The zero-order chi connectivity index (χ0) is 19.7. The molecule has 0 N–H and O–H groups in total. The SMILES string of the molecule is Cc1cc(C)cc(C(=O)N2CCN(c3nc(C)cc(N4CCCC4)n3)CC2)c1. The van der Waals surface area contributed by atoms with Gasteiger partial charge in [0.05, 0.1) is 0 Å². The first-order valence-corrected chi connectivity index (χ1v) is 10.2. The second kappa shape index (κ2) is 7.78. The molecule has 148 valence electrons. The van der Waals surface area contributed by atoms with Crippen molar-refractivity contribution in [3.63, 3.8) is 0 Å². The minimum Gasteiger partial charge on any atom is -0.356 e. The largest absolute Gasteiger partial charge is 0.356 e. The van der Waals surface area contributed by atoms with Crippen molar-refractivity contribution in [2.75, 3.05) is 49.1 Å². The number of carbonyl (C=O) groups excluding carboxylic acids is 1. The van der Waals surface area contributed by atoms with Gasteiger partial charge in [0.2, 0.25) is 5.95 Å². The molecule has 1 aromatic heterocycles. The molecule has 0 atom stereocenters. The summed E-state index contributed by atoms with van der Waals surface area (Å²) >= 11 is 0. The van der Waals surface area contributed by atoms with E-state index in [4.69, 9.17) is 4.98 Å². The van der Waals surface area contributed by atoms with E-state index in [1.165, 1.54) is 12.8 Å². The third-order valence-electron chi connectivity index (χ3n) is 5.58. The molecule has 1 aromatic carbocycles. The van der Waals surface area contributed by atoms with Gasteiger partial charge in [-0.3, -0.25) is 4.79 Å². The van der Waals surface area contributed by atoms with Crippen molar-refractivity contribution in [1.29, 1.82) is 0 Å². The van der Waals surface area contributed by atoms with Crippen molar-refractivity contribution in [2.24, 2.45) is 0 Å². The van der Waals surface area contributed by atoms with Crippen molar-refractivity contribution in [1.82, 2.24) is 14.9 Å². The predicted molar refractivity (Wildman–Crippen MR) is 112 cm³/mol. The van der Waals surface area contributed by atoms with Gasteiger partial charge in [-0.25, -0.2) is 4.98 Å². The minimum absolute atomic E-state index is 0.120. The molecular formula is C22H29N5O. The second-order valence-electron chi connectivity index (χ2n) is 8.02. The molecule has 0 saturated carbocycles. The van der Waals surface area contributed by atoms with E-state index in [1.807, 2.05) is 37.8 Å². The van der Waals surface area contributed by atoms with Gasteiger partial charge in [-0.05, 0) is 45.7 Å². The fourth-order valence-corrected chi connectivity index (χ4v) is 4.18. The quantitative estimate of drug-likeness (QED) is 0.821. The maximum absolute atomic E-state index is 12.9. The summed E-state index contributed by atoms with van der Waals surface area (Å²) in [6.45, 7) is 11.2. The van der Waals surface area contributed by atoms with Gasteiger partial charge in [0.25, 0.3) is 5.91 Å². The fraction of sp³-hybridized carbons (Fsp3) is 0.500. The summed E-state index contributed by atoms with van der Waals surface area (Å²) in [5.74, 6) is 1.95. The monoisotopic (exact) mass is 379 g/mol. The van der Waals surface area contributed by atoms with Crippen molar-refractivity contribution in [3.05, 3.63) is 46.6 Å². The topological polar surface area (TPSA) is 52.6 Å². The molecule has 2 aliphatic rings. The Kier molecular flexibility index (Phi) is 5.20. The third-order valence-corrected chi connectivity index (χ3v) is 5.58. The van der Waals surface area contributed by atoms with E-state index in [0.717, 1.165) is 60.3 Å². The zero-order valence-electron chi connectivity index (χ0n) is 17.1. The van der Waals surface area contributed by atoms with Gasteiger partial charge in [0.15, 0.2) is 0 Å². The number of nitrogens with zero attached hydrogens (tertiary/aromatic N) is 5. The molecule has 28 heavy (non-hydrogen) atoms. The molecule has 6 nitrogen and oxygen atoms in total. The van der Waals surface area contributed by atoms with Crippen LogP contribution < -0.4 is 9.80 Å². The van der Waals surface area contributed by atoms with E-state index < -0.39 is 0 Å². The molecule has 0 spiro atoms. The van der Waals surface area contributed by atoms with Gasteiger partial charge >= 0.3 is 0 Å². The lowest BCUT2D eigenvalue weighted by atomic mass is 10.1. The lowest BCUT2D eigenvalue weighted by Gasteiger charge is -2.35. The summed E-state index contributed by atoms with van der Waals surface area (Å²) in [4.78, 5) is 28.9. The average Bonchev–Trinajstić information content (AvgIpc) is 3.21. The smallest absolute Gasteiger partial charge is 0.253 e. The number of anilines is 2. The number of hydrogen-bond acceptors (Lipinski definition) is 5. The molecule has 2 aliphatic heterocycles. The molecule has 2 fully saturated rings. The molecule has 0 unspecified atom stereocenters. The number of carbonyl (C=O) groups is 1. The molecule has 0 radical (unpaired) electrons. The number of rotatable bonds is 3. The molecule has 2 saturated heterocycles. The summed E-state index contributed by atoms with van der Waals surface area (Å²) in [6, 6.07) is 8.14. The van der Waals surface area contributed by atoms with Crippen LogP contribution in [0.25, 0.3) is 0 Å². The summed E-state index contributed by atoms with van der Waals surface area (Å²) in [7, 11) is 0. The standard InChI is InChI=1S/C22H29N5O/c1-16-12-17(2)14-19(13-16)21(28)26-8-10-27(11-9-26)22-23-18(3)15-20(24-22)25-6-4-5-7-25/h12-15H,4-11H2,1-3H3. The Labute approximate surface area is 167 Å². The molecule has 1 amide bonds. The van der Waals surface area contributed by atoms with E-state index in [1.54, 1.807) is 0 Å². The highest BCUT2D eigenvalue weighted by atomic mass is 16.2. The Morgan fingerprint density at radius 3 is 2.07 bits per heavy atom. The Hall–Kier alpha value is -2.63. The van der Waals surface area contributed by atoms with Crippen molar-refractivity contribution < 1.29 is 4.79 Å². The highest BCUT2D eigenvalue weighted by Gasteiger charge is 2.25. The molecule has 4 rings (SSSR count). The maximum atomic E-state index is 12.9. The van der Waals surface area contributed by atoms with E-state index in [2.05, 4.69) is 26.9 Å². The highest BCUT2D eigenvalue weighted by Crippen LogP contribution is 2.22. The Balaban J connectivity index is 1.44. The molecule has 0 bridgehead atoms. The molecule has 0 aliphatic carbocycles. The van der Waals surface area contributed by atoms with Crippen molar-refractivity contribution >= 4 is 17.7 Å². The van der Waals surface area contributed by atoms with Crippen molar-refractivity contribution in [3.8, 4) is 0 Å². The minimum atomic E-state index is 0.120. The number of piperazine rings is 1. The van der Waals surface area contributed by atoms with Crippen LogP contribution >= 0.6 is 0 Å². The van der Waals surface area contributed by atoms with Crippen LogP contribution in [-0.4, -0.2) is 60.0 Å². The second-order valence-corrected chi connectivity index (χ2v) is 8.02. The highest BCUT2D eigenvalue weighted by molar-refractivity contribution is 5.94. The normalized spacial score (nSPS) is 17.3. The van der Waals surface area contributed by atoms with Gasteiger partial charge in [0.1, 0.15) is 5.82 Å². The number of benzene rings is 1. The number of aromatic nitrogens is 2. The van der Waals surface area contributed by atoms with Gasteiger partial charge in [-0.2, -0.15) is 4.98 Å². The molecule has 2 aromatic rings. The van der Waals surface area contributed by atoms with Crippen LogP contribution in [0, 0.1) is 20.8 Å². The van der Waals surface area contributed by atoms with Crippen LogP contribution in [0.3, 0.4) is 0 Å². The first kappa shape index (κ1) is 18.7. The summed E-state index contributed by atoms with van der Waals surface area (Å²) in [5.41, 5.74) is 4.05. The average molecular weight is 380 g/mol. The van der Waals surface area contributed by atoms with Crippen LogP contribution in [0.4, 0.5) is 11.8 Å². The maximum Gasteiger partial charge on any atom is 0.253 e. The number of hydrogen-bond donors (Lipinski definition) is 0. The zero-order valence-corrected chi connectivity index (χ0v) is 17.1. The lowest BCUT2D eigenvalue weighted by molar-refractivity contribution is 0.0746.